The molecule has 12 heteroatoms. The van der Waals surface area contributed by atoms with Crippen LogP contribution in [0.25, 0.3) is 10.9 Å². The molecule has 1 aliphatic rings. The van der Waals surface area contributed by atoms with Gasteiger partial charge in [-0.25, -0.2) is 15.1 Å². The number of benzene rings is 1. The summed E-state index contributed by atoms with van der Waals surface area (Å²) in [6.07, 6.45) is 1.88. The Kier molecular flexibility index (Phi) is 5.58. The third-order valence-electron chi connectivity index (χ3n) is 4.23. The second-order valence-electron chi connectivity index (χ2n) is 5.88. The Labute approximate surface area is 154 Å². The molecule has 1 saturated heterocycles. The topological polar surface area (TPSA) is 111 Å². The Bertz CT molecular complexity index is 928. The summed E-state index contributed by atoms with van der Waals surface area (Å²) < 4.78 is 59.2. The lowest BCUT2D eigenvalue weighted by molar-refractivity contribution is -0.0511. The van der Waals surface area contributed by atoms with E-state index in [0.29, 0.717) is 42.8 Å². The van der Waals surface area contributed by atoms with E-state index in [1.54, 1.807) is 0 Å². The number of aromatic nitrogens is 2. The Hall–Kier alpha value is -2.31. The van der Waals surface area contributed by atoms with Crippen molar-refractivity contribution >= 4 is 26.9 Å². The number of rotatable bonds is 5. The van der Waals surface area contributed by atoms with Gasteiger partial charge in [-0.05, 0) is 12.5 Å². The fourth-order valence-electron chi connectivity index (χ4n) is 3.01. The first-order valence-electron chi connectivity index (χ1n) is 8.10. The Morgan fingerprint density at radius 2 is 1.93 bits per heavy atom. The molecule has 2 aromatic rings. The van der Waals surface area contributed by atoms with Gasteiger partial charge in [0.2, 0.25) is 0 Å². The first kappa shape index (κ1) is 19.5. The number of hydrogen-bond donors (Lipinski definition) is 1. The molecule has 1 fully saturated rings. The van der Waals surface area contributed by atoms with Crippen molar-refractivity contribution < 1.29 is 26.7 Å². The van der Waals surface area contributed by atoms with E-state index in [9.17, 15) is 17.2 Å². The van der Waals surface area contributed by atoms with Crippen LogP contribution in [0.15, 0.2) is 18.5 Å². The number of fused-ring (bicyclic) bond motifs is 1. The Morgan fingerprint density at radius 3 is 2.59 bits per heavy atom. The molecule has 1 aromatic heterocycles. The highest BCUT2D eigenvalue weighted by atomic mass is 32.2. The molecule has 0 unspecified atom stereocenters. The summed E-state index contributed by atoms with van der Waals surface area (Å²) in [6.45, 7) is -1.54. The van der Waals surface area contributed by atoms with E-state index in [2.05, 4.69) is 14.7 Å². The second-order valence-corrected chi connectivity index (χ2v) is 7.43. The van der Waals surface area contributed by atoms with Crippen LogP contribution in [-0.4, -0.2) is 62.6 Å². The largest absolute Gasteiger partial charge is 0.493 e. The van der Waals surface area contributed by atoms with Crippen molar-refractivity contribution in [2.24, 2.45) is 5.14 Å². The van der Waals surface area contributed by atoms with Crippen molar-refractivity contribution in [1.82, 2.24) is 14.3 Å². The molecule has 9 nitrogen and oxygen atoms in total. The molecule has 0 spiro atoms. The summed E-state index contributed by atoms with van der Waals surface area (Å²) in [6, 6.07) is 2.89. The van der Waals surface area contributed by atoms with Crippen LogP contribution >= 0.6 is 0 Å². The predicted octanol–water partition coefficient (Wildman–Crippen LogP) is 0.955. The van der Waals surface area contributed by atoms with Crippen LogP contribution in [0, 0.1) is 0 Å². The maximum Gasteiger partial charge on any atom is 0.387 e. The fraction of sp³-hybridized carbons (Fsp3) is 0.467. The van der Waals surface area contributed by atoms with Crippen LogP contribution in [0.2, 0.25) is 0 Å². The third kappa shape index (κ3) is 4.34. The molecule has 1 aromatic carbocycles. The van der Waals surface area contributed by atoms with E-state index in [0.717, 1.165) is 0 Å². The van der Waals surface area contributed by atoms with E-state index in [-0.39, 0.29) is 18.0 Å². The molecule has 2 N–H and O–H groups in total. The normalized spacial score (nSPS) is 16.6. The van der Waals surface area contributed by atoms with Gasteiger partial charge in [-0.1, -0.05) is 0 Å². The smallest absolute Gasteiger partial charge is 0.387 e. The van der Waals surface area contributed by atoms with E-state index in [1.165, 1.54) is 29.9 Å². The highest BCUT2D eigenvalue weighted by Crippen LogP contribution is 2.36. The van der Waals surface area contributed by atoms with Crippen LogP contribution in [0.4, 0.5) is 14.6 Å². The van der Waals surface area contributed by atoms with Gasteiger partial charge in [0.05, 0.1) is 12.6 Å². The molecule has 2 heterocycles. The average molecular weight is 403 g/mol. The molecule has 0 radical (unpaired) electrons. The van der Waals surface area contributed by atoms with Gasteiger partial charge in [0.25, 0.3) is 10.2 Å². The number of halogens is 2. The van der Waals surface area contributed by atoms with Gasteiger partial charge in [-0.3, -0.25) is 0 Å². The lowest BCUT2D eigenvalue weighted by Gasteiger charge is -2.23. The third-order valence-corrected chi connectivity index (χ3v) is 5.31. The van der Waals surface area contributed by atoms with Crippen molar-refractivity contribution in [3.8, 4) is 11.5 Å². The molecular formula is C15H19F2N5O4S. The van der Waals surface area contributed by atoms with Gasteiger partial charge in [0, 0.05) is 37.6 Å². The van der Waals surface area contributed by atoms with E-state index in [4.69, 9.17) is 9.88 Å². The van der Waals surface area contributed by atoms with Crippen LogP contribution in [0.3, 0.4) is 0 Å². The van der Waals surface area contributed by atoms with Crippen molar-refractivity contribution in [1.29, 1.82) is 0 Å². The fourth-order valence-corrected chi connectivity index (χ4v) is 3.73. The first-order chi connectivity index (χ1) is 12.8. The summed E-state index contributed by atoms with van der Waals surface area (Å²) >= 11 is 0. The van der Waals surface area contributed by atoms with Gasteiger partial charge in [0.1, 0.15) is 12.1 Å². The molecule has 1 aliphatic heterocycles. The van der Waals surface area contributed by atoms with Gasteiger partial charge >= 0.3 is 6.61 Å². The lowest BCUT2D eigenvalue weighted by Crippen LogP contribution is -2.39. The zero-order valence-electron chi connectivity index (χ0n) is 14.5. The van der Waals surface area contributed by atoms with Gasteiger partial charge in [-0.15, -0.1) is 0 Å². The number of ether oxygens (including phenoxy) is 2. The molecule has 27 heavy (non-hydrogen) atoms. The van der Waals surface area contributed by atoms with Crippen LogP contribution in [0.1, 0.15) is 6.42 Å². The minimum atomic E-state index is -3.76. The quantitative estimate of drug-likeness (QED) is 0.791. The molecule has 0 bridgehead atoms. The summed E-state index contributed by atoms with van der Waals surface area (Å²) in [5.41, 5.74) is 0.406. The van der Waals surface area contributed by atoms with E-state index >= 15 is 0 Å². The Morgan fingerprint density at radius 1 is 1.15 bits per heavy atom. The van der Waals surface area contributed by atoms with Crippen molar-refractivity contribution in [2.45, 2.75) is 13.0 Å². The first-order valence-corrected chi connectivity index (χ1v) is 9.60. The molecular weight excluding hydrogens is 384 g/mol. The van der Waals surface area contributed by atoms with E-state index < -0.39 is 16.8 Å². The van der Waals surface area contributed by atoms with Gasteiger partial charge in [-0.2, -0.15) is 21.5 Å². The summed E-state index contributed by atoms with van der Waals surface area (Å²) in [5, 5.41) is 5.79. The zero-order valence-corrected chi connectivity index (χ0v) is 15.3. The number of nitrogens with zero attached hydrogens (tertiary/aromatic N) is 4. The van der Waals surface area contributed by atoms with Gasteiger partial charge in [0.15, 0.2) is 11.5 Å². The standard InChI is InChI=1S/C15H19F2N5O4S/c1-25-12-7-10-11(8-13(12)26-15(16)17)19-9-20-14(10)21-3-2-4-22(6-5-21)27(18,23)24/h7-9,15H,2-6H2,1H3,(H2,18,23,24). The summed E-state index contributed by atoms with van der Waals surface area (Å²) in [4.78, 5) is 10.3. The van der Waals surface area contributed by atoms with E-state index in [1.807, 2.05) is 4.90 Å². The average Bonchev–Trinajstić information content (AvgIpc) is 2.86. The number of methoxy groups -OCH3 is 1. The predicted molar refractivity (Wildman–Crippen MR) is 94.2 cm³/mol. The zero-order chi connectivity index (χ0) is 19.6. The molecule has 3 rings (SSSR count). The minimum absolute atomic E-state index is 0.124. The molecule has 0 aliphatic carbocycles. The number of alkyl halides is 2. The molecule has 148 valence electrons. The molecule has 0 saturated carbocycles. The summed E-state index contributed by atoms with van der Waals surface area (Å²) in [5.74, 6) is 0.555. The second kappa shape index (κ2) is 7.74. The molecule has 0 atom stereocenters. The minimum Gasteiger partial charge on any atom is -0.493 e. The maximum atomic E-state index is 12.6. The van der Waals surface area contributed by atoms with Crippen molar-refractivity contribution in [3.05, 3.63) is 18.5 Å². The maximum absolute atomic E-state index is 12.6. The Balaban J connectivity index is 1.97. The number of anilines is 1. The van der Waals surface area contributed by atoms with Crippen LogP contribution < -0.4 is 19.5 Å². The van der Waals surface area contributed by atoms with Crippen LogP contribution in [0.5, 0.6) is 11.5 Å². The van der Waals surface area contributed by atoms with Crippen molar-refractivity contribution in [2.75, 3.05) is 38.2 Å². The van der Waals surface area contributed by atoms with Crippen LogP contribution in [-0.2, 0) is 10.2 Å². The SMILES string of the molecule is COc1cc2c(N3CCCN(S(N)(=O)=O)CC3)ncnc2cc1OC(F)F. The number of nitrogens with two attached hydrogens (primary N) is 1. The lowest BCUT2D eigenvalue weighted by atomic mass is 10.2. The summed E-state index contributed by atoms with van der Waals surface area (Å²) in [7, 11) is -2.41. The van der Waals surface area contributed by atoms with Crippen molar-refractivity contribution in [3.63, 3.8) is 0 Å². The highest BCUT2D eigenvalue weighted by Gasteiger charge is 2.24. The number of hydrogen-bond acceptors (Lipinski definition) is 7. The highest BCUT2D eigenvalue weighted by molar-refractivity contribution is 7.86. The monoisotopic (exact) mass is 403 g/mol. The van der Waals surface area contributed by atoms with Gasteiger partial charge < -0.3 is 14.4 Å². The molecule has 0 amide bonds.